The van der Waals surface area contributed by atoms with Crippen molar-refractivity contribution >= 4 is 33.4 Å². The van der Waals surface area contributed by atoms with Gasteiger partial charge in [-0.1, -0.05) is 0 Å². The first-order valence-electron chi connectivity index (χ1n) is 10.1. The Hall–Kier alpha value is -2.98. The van der Waals surface area contributed by atoms with E-state index in [2.05, 4.69) is 5.32 Å². The number of hydrogen-bond acceptors (Lipinski definition) is 6. The molecule has 10 heteroatoms. The zero-order valence-electron chi connectivity index (χ0n) is 19.3. The average Bonchev–Trinajstić information content (AvgIpc) is 2.94. The second kappa shape index (κ2) is 9.66. The van der Waals surface area contributed by atoms with E-state index in [9.17, 15) is 22.8 Å². The van der Waals surface area contributed by atoms with Gasteiger partial charge in [0.05, 0.1) is 17.5 Å². The molecule has 0 aliphatic rings. The SMILES string of the molecule is CCOC(=O)c1c(C)c(C(=O)C(C)N(C)S(=O)(=O)c2ccc(NC(C)=O)cc2)c(C)n1C. The Morgan fingerprint density at radius 2 is 1.72 bits per heavy atom. The first kappa shape index (κ1) is 25.3. The Morgan fingerprint density at radius 1 is 1.16 bits per heavy atom. The summed E-state index contributed by atoms with van der Waals surface area (Å²) >= 11 is 0. The first-order valence-corrected chi connectivity index (χ1v) is 11.5. The van der Waals surface area contributed by atoms with Gasteiger partial charge >= 0.3 is 5.97 Å². The predicted molar refractivity (Wildman–Crippen MR) is 120 cm³/mol. The number of nitrogens with one attached hydrogen (secondary N) is 1. The third kappa shape index (κ3) is 4.76. The molecule has 1 atom stereocenters. The molecule has 0 spiro atoms. The summed E-state index contributed by atoms with van der Waals surface area (Å²) in [5.41, 5.74) is 2.02. The van der Waals surface area contributed by atoms with Crippen molar-refractivity contribution in [2.24, 2.45) is 7.05 Å². The van der Waals surface area contributed by atoms with Crippen LogP contribution in [-0.4, -0.2) is 54.6 Å². The molecule has 2 aromatic rings. The van der Waals surface area contributed by atoms with Crippen molar-refractivity contribution in [3.8, 4) is 0 Å². The largest absolute Gasteiger partial charge is 0.461 e. The van der Waals surface area contributed by atoms with E-state index in [0.29, 0.717) is 22.5 Å². The minimum absolute atomic E-state index is 0.0116. The predicted octanol–water partition coefficient (Wildman–Crippen LogP) is 2.67. The summed E-state index contributed by atoms with van der Waals surface area (Å²) in [5, 5.41) is 2.57. The van der Waals surface area contributed by atoms with Crippen LogP contribution >= 0.6 is 0 Å². The number of esters is 1. The molecule has 1 aromatic heterocycles. The highest BCUT2D eigenvalue weighted by Gasteiger charge is 2.34. The second-order valence-corrected chi connectivity index (χ2v) is 9.48. The van der Waals surface area contributed by atoms with Gasteiger partial charge in [0.25, 0.3) is 0 Å². The molecule has 1 heterocycles. The molecule has 1 unspecified atom stereocenters. The molecule has 0 saturated heterocycles. The van der Waals surface area contributed by atoms with E-state index in [4.69, 9.17) is 4.74 Å². The maximum atomic E-state index is 13.3. The molecule has 0 aliphatic heterocycles. The van der Waals surface area contributed by atoms with E-state index >= 15 is 0 Å². The third-order valence-electron chi connectivity index (χ3n) is 5.42. The molecule has 2 rings (SSSR count). The standard InChI is InChI=1S/C22H29N3O6S/c1-8-31-22(28)20-13(2)19(14(3)24(20)6)21(27)15(4)25(7)32(29,30)18-11-9-17(10-12-18)23-16(5)26/h9-12,15H,8H2,1-7H3,(H,23,26). The number of amides is 1. The van der Waals surface area contributed by atoms with E-state index in [1.165, 1.54) is 45.2 Å². The number of hydrogen-bond donors (Lipinski definition) is 1. The van der Waals surface area contributed by atoms with Crippen molar-refractivity contribution in [3.63, 3.8) is 0 Å². The lowest BCUT2D eigenvalue weighted by Crippen LogP contribution is -2.40. The van der Waals surface area contributed by atoms with Crippen LogP contribution in [0.5, 0.6) is 0 Å². The molecule has 0 radical (unpaired) electrons. The monoisotopic (exact) mass is 463 g/mol. The number of anilines is 1. The van der Waals surface area contributed by atoms with Crippen molar-refractivity contribution in [3.05, 3.63) is 46.8 Å². The highest BCUT2D eigenvalue weighted by atomic mass is 32.2. The van der Waals surface area contributed by atoms with Crippen LogP contribution in [0.15, 0.2) is 29.2 Å². The van der Waals surface area contributed by atoms with E-state index in [1.54, 1.807) is 32.4 Å². The van der Waals surface area contributed by atoms with Crippen LogP contribution in [0.2, 0.25) is 0 Å². The summed E-state index contributed by atoms with van der Waals surface area (Å²) in [6.07, 6.45) is 0. The Balaban J connectivity index is 2.37. The van der Waals surface area contributed by atoms with Crippen molar-refractivity contribution in [1.29, 1.82) is 0 Å². The van der Waals surface area contributed by atoms with Gasteiger partial charge in [-0.15, -0.1) is 0 Å². The summed E-state index contributed by atoms with van der Waals surface area (Å²) in [7, 11) is -0.996. The Bertz CT molecular complexity index is 1150. The van der Waals surface area contributed by atoms with Gasteiger partial charge in [-0.25, -0.2) is 13.2 Å². The number of benzene rings is 1. The van der Waals surface area contributed by atoms with Crippen molar-refractivity contribution in [2.45, 2.75) is 45.6 Å². The minimum atomic E-state index is -3.99. The number of rotatable bonds is 8. The van der Waals surface area contributed by atoms with Gasteiger partial charge in [0, 0.05) is 38.0 Å². The Labute approximate surface area is 188 Å². The van der Waals surface area contributed by atoms with E-state index in [0.717, 1.165) is 4.31 Å². The number of ether oxygens (including phenoxy) is 1. The highest BCUT2D eigenvalue weighted by Crippen LogP contribution is 2.26. The molecular formula is C22H29N3O6S. The van der Waals surface area contributed by atoms with E-state index in [-0.39, 0.29) is 23.1 Å². The van der Waals surface area contributed by atoms with Gasteiger partial charge in [-0.3, -0.25) is 9.59 Å². The van der Waals surface area contributed by atoms with Crippen LogP contribution in [0, 0.1) is 13.8 Å². The molecule has 1 amide bonds. The number of Topliss-reactive ketones (excluding diaryl/α,β-unsaturated/α-hetero) is 1. The zero-order chi connectivity index (χ0) is 24.4. The van der Waals surface area contributed by atoms with Crippen LogP contribution in [0.4, 0.5) is 5.69 Å². The number of nitrogens with zero attached hydrogens (tertiary/aromatic N) is 2. The molecule has 0 aliphatic carbocycles. The number of sulfonamides is 1. The van der Waals surface area contributed by atoms with Gasteiger partial charge in [0.1, 0.15) is 5.69 Å². The van der Waals surface area contributed by atoms with Gasteiger partial charge in [-0.05, 0) is 57.5 Å². The summed E-state index contributed by atoms with van der Waals surface area (Å²) in [5.74, 6) is -1.23. The van der Waals surface area contributed by atoms with E-state index in [1.807, 2.05) is 0 Å². The Kier molecular flexibility index (Phi) is 7.63. The lowest BCUT2D eigenvalue weighted by molar-refractivity contribution is -0.114. The van der Waals surface area contributed by atoms with Crippen LogP contribution in [0.3, 0.4) is 0 Å². The highest BCUT2D eigenvalue weighted by molar-refractivity contribution is 7.89. The molecule has 174 valence electrons. The molecule has 9 nitrogen and oxygen atoms in total. The molecule has 0 fully saturated rings. The summed E-state index contributed by atoms with van der Waals surface area (Å²) in [6, 6.07) is 4.67. The maximum Gasteiger partial charge on any atom is 0.355 e. The molecule has 0 bridgehead atoms. The smallest absolute Gasteiger partial charge is 0.355 e. The lowest BCUT2D eigenvalue weighted by atomic mass is 10.0. The summed E-state index contributed by atoms with van der Waals surface area (Å²) in [6.45, 7) is 8.09. The van der Waals surface area contributed by atoms with Gasteiger partial charge in [-0.2, -0.15) is 4.31 Å². The minimum Gasteiger partial charge on any atom is -0.461 e. The fourth-order valence-corrected chi connectivity index (χ4v) is 4.82. The maximum absolute atomic E-state index is 13.3. The van der Waals surface area contributed by atoms with E-state index < -0.39 is 27.8 Å². The quantitative estimate of drug-likeness (QED) is 0.475. The first-order chi connectivity index (χ1) is 14.8. The van der Waals surface area contributed by atoms with Gasteiger partial charge in [0.15, 0.2) is 5.78 Å². The summed E-state index contributed by atoms with van der Waals surface area (Å²) < 4.78 is 33.8. The van der Waals surface area contributed by atoms with Crippen molar-refractivity contribution < 1.29 is 27.5 Å². The van der Waals surface area contributed by atoms with Crippen molar-refractivity contribution in [2.75, 3.05) is 19.0 Å². The molecule has 0 saturated carbocycles. The number of carbonyl (C=O) groups is 3. The fourth-order valence-electron chi connectivity index (χ4n) is 3.49. The van der Waals surface area contributed by atoms with Crippen LogP contribution in [0.1, 0.15) is 52.9 Å². The number of likely N-dealkylation sites (N-methyl/N-ethyl adjacent to an activating group) is 1. The topological polar surface area (TPSA) is 115 Å². The van der Waals surface area contributed by atoms with Gasteiger partial charge in [0.2, 0.25) is 15.9 Å². The molecule has 1 aromatic carbocycles. The average molecular weight is 464 g/mol. The Morgan fingerprint density at radius 3 is 2.22 bits per heavy atom. The van der Waals surface area contributed by atoms with Gasteiger partial charge < -0.3 is 14.6 Å². The molecule has 1 N–H and O–H groups in total. The fraction of sp³-hybridized carbons (Fsp3) is 0.409. The van der Waals surface area contributed by atoms with Crippen molar-refractivity contribution in [1.82, 2.24) is 8.87 Å². The zero-order valence-corrected chi connectivity index (χ0v) is 20.2. The number of aromatic nitrogens is 1. The number of ketones is 1. The van der Waals surface area contributed by atoms with Crippen LogP contribution < -0.4 is 5.32 Å². The second-order valence-electron chi connectivity index (χ2n) is 7.48. The molecular weight excluding hydrogens is 434 g/mol. The molecule has 32 heavy (non-hydrogen) atoms. The normalized spacial score (nSPS) is 12.5. The summed E-state index contributed by atoms with van der Waals surface area (Å²) in [4.78, 5) is 36.8. The van der Waals surface area contributed by atoms with Crippen LogP contribution in [-0.2, 0) is 26.6 Å². The lowest BCUT2D eigenvalue weighted by Gasteiger charge is -2.24. The third-order valence-corrected chi connectivity index (χ3v) is 7.36. The van der Waals surface area contributed by atoms with Crippen LogP contribution in [0.25, 0.3) is 0 Å². The number of carbonyl (C=O) groups excluding carboxylic acids is 3.